The van der Waals surface area contributed by atoms with Gasteiger partial charge in [-0.1, -0.05) is 43.3 Å². The summed E-state index contributed by atoms with van der Waals surface area (Å²) < 4.78 is 26.4. The minimum atomic E-state index is -0.434. The van der Waals surface area contributed by atoms with Crippen LogP contribution >= 0.6 is 0 Å². The van der Waals surface area contributed by atoms with Crippen molar-refractivity contribution in [2.45, 2.75) is 26.4 Å². The summed E-state index contributed by atoms with van der Waals surface area (Å²) in [6.07, 6.45) is 1.70. The summed E-state index contributed by atoms with van der Waals surface area (Å²) in [5.74, 6) is 0.804. The van der Waals surface area contributed by atoms with Gasteiger partial charge in [0.25, 0.3) is 0 Å². The van der Waals surface area contributed by atoms with Crippen LogP contribution in [0.15, 0.2) is 66.7 Å². The average molecular weight is 394 g/mol. The maximum Gasteiger partial charge on any atom is 0.169 e. The van der Waals surface area contributed by atoms with Crippen LogP contribution in [0, 0.1) is 5.82 Å². The SMILES string of the molecule is CCc1ccc(Oc2ccc(NCCCN)cc2F)c(OCc2ccccc2)c1. The highest BCUT2D eigenvalue weighted by molar-refractivity contribution is 5.50. The highest BCUT2D eigenvalue weighted by atomic mass is 19.1. The number of ether oxygens (including phenoxy) is 2. The molecule has 0 spiro atoms. The molecule has 0 saturated carbocycles. The van der Waals surface area contributed by atoms with Crippen LogP contribution in [0.25, 0.3) is 0 Å². The third-order valence-electron chi connectivity index (χ3n) is 4.52. The van der Waals surface area contributed by atoms with Crippen molar-refractivity contribution in [1.29, 1.82) is 0 Å². The molecule has 5 heteroatoms. The van der Waals surface area contributed by atoms with E-state index in [2.05, 4.69) is 12.2 Å². The minimum Gasteiger partial charge on any atom is -0.485 e. The van der Waals surface area contributed by atoms with E-state index in [0.29, 0.717) is 36.9 Å². The summed E-state index contributed by atoms with van der Waals surface area (Å²) in [5.41, 5.74) is 8.36. The van der Waals surface area contributed by atoms with Crippen molar-refractivity contribution >= 4 is 5.69 Å². The van der Waals surface area contributed by atoms with Gasteiger partial charge in [0.2, 0.25) is 0 Å². The number of rotatable bonds is 10. The lowest BCUT2D eigenvalue weighted by molar-refractivity contribution is 0.289. The van der Waals surface area contributed by atoms with Gasteiger partial charge in [0.1, 0.15) is 6.61 Å². The van der Waals surface area contributed by atoms with E-state index >= 15 is 0 Å². The topological polar surface area (TPSA) is 56.5 Å². The molecule has 4 nitrogen and oxygen atoms in total. The number of nitrogens with two attached hydrogens (primary N) is 1. The fourth-order valence-corrected chi connectivity index (χ4v) is 2.85. The van der Waals surface area contributed by atoms with E-state index in [-0.39, 0.29) is 5.75 Å². The van der Waals surface area contributed by atoms with Crippen molar-refractivity contribution in [1.82, 2.24) is 0 Å². The number of aryl methyl sites for hydroxylation is 1. The van der Waals surface area contributed by atoms with Gasteiger partial charge in [-0.15, -0.1) is 0 Å². The quantitative estimate of drug-likeness (QED) is 0.445. The molecule has 152 valence electrons. The van der Waals surface area contributed by atoms with Crippen molar-refractivity contribution < 1.29 is 13.9 Å². The van der Waals surface area contributed by atoms with E-state index in [1.807, 2.05) is 48.5 Å². The van der Waals surface area contributed by atoms with Gasteiger partial charge in [-0.05, 0) is 54.8 Å². The second-order valence-corrected chi connectivity index (χ2v) is 6.73. The summed E-state index contributed by atoms with van der Waals surface area (Å²) in [4.78, 5) is 0. The molecule has 0 atom stereocenters. The zero-order chi connectivity index (χ0) is 20.5. The molecule has 0 aromatic heterocycles. The van der Waals surface area contributed by atoms with Gasteiger partial charge in [0, 0.05) is 18.3 Å². The van der Waals surface area contributed by atoms with E-state index in [0.717, 1.165) is 24.0 Å². The van der Waals surface area contributed by atoms with Gasteiger partial charge < -0.3 is 20.5 Å². The number of anilines is 1. The Morgan fingerprint density at radius 3 is 2.41 bits per heavy atom. The maximum absolute atomic E-state index is 14.5. The van der Waals surface area contributed by atoms with Crippen LogP contribution in [0.1, 0.15) is 24.5 Å². The van der Waals surface area contributed by atoms with Gasteiger partial charge in [0.05, 0.1) is 0 Å². The standard InChI is InChI=1S/C24H27FN2O2/c1-2-18-9-11-23(24(15-18)28-17-19-7-4-3-5-8-19)29-22-12-10-20(16-21(22)25)27-14-6-13-26/h3-5,7-12,15-16,27H,2,6,13-14,17,26H2,1H3. The van der Waals surface area contributed by atoms with Crippen LogP contribution in [0.2, 0.25) is 0 Å². The molecule has 0 saturated heterocycles. The van der Waals surface area contributed by atoms with Crippen LogP contribution in [0.5, 0.6) is 17.2 Å². The lowest BCUT2D eigenvalue weighted by Gasteiger charge is -2.15. The van der Waals surface area contributed by atoms with Crippen LogP contribution in [-0.2, 0) is 13.0 Å². The first-order valence-electron chi connectivity index (χ1n) is 9.90. The molecular formula is C24H27FN2O2. The normalized spacial score (nSPS) is 10.6. The molecule has 3 aromatic carbocycles. The molecule has 0 fully saturated rings. The molecule has 3 aromatic rings. The van der Waals surface area contributed by atoms with Gasteiger partial charge in [-0.2, -0.15) is 0 Å². The smallest absolute Gasteiger partial charge is 0.169 e. The summed E-state index contributed by atoms with van der Waals surface area (Å²) in [6, 6.07) is 20.5. The Bertz CT molecular complexity index is 916. The van der Waals surface area contributed by atoms with Crippen LogP contribution in [0.3, 0.4) is 0 Å². The van der Waals surface area contributed by atoms with Gasteiger partial charge >= 0.3 is 0 Å². The molecule has 29 heavy (non-hydrogen) atoms. The molecule has 0 radical (unpaired) electrons. The van der Waals surface area contributed by atoms with E-state index < -0.39 is 5.82 Å². The molecule has 0 aliphatic rings. The van der Waals surface area contributed by atoms with Gasteiger partial charge in [0.15, 0.2) is 23.1 Å². The molecule has 3 rings (SSSR count). The first-order valence-corrected chi connectivity index (χ1v) is 9.90. The van der Waals surface area contributed by atoms with E-state index in [1.165, 1.54) is 6.07 Å². The Morgan fingerprint density at radius 1 is 0.897 bits per heavy atom. The van der Waals surface area contributed by atoms with E-state index in [4.69, 9.17) is 15.2 Å². The maximum atomic E-state index is 14.5. The van der Waals surface area contributed by atoms with E-state index in [1.54, 1.807) is 12.1 Å². The molecule has 0 bridgehead atoms. The third kappa shape index (κ3) is 5.96. The van der Waals surface area contributed by atoms with Crippen LogP contribution in [0.4, 0.5) is 10.1 Å². The average Bonchev–Trinajstić information content (AvgIpc) is 2.75. The van der Waals surface area contributed by atoms with Crippen molar-refractivity contribution in [2.24, 2.45) is 5.73 Å². The fourth-order valence-electron chi connectivity index (χ4n) is 2.85. The first kappa shape index (κ1) is 20.7. The summed E-state index contributed by atoms with van der Waals surface area (Å²) in [7, 11) is 0. The zero-order valence-electron chi connectivity index (χ0n) is 16.7. The van der Waals surface area contributed by atoms with Crippen molar-refractivity contribution in [3.05, 3.63) is 83.7 Å². The Hall–Kier alpha value is -3.05. The van der Waals surface area contributed by atoms with Crippen molar-refractivity contribution in [3.8, 4) is 17.2 Å². The molecule has 0 amide bonds. The second kappa shape index (κ2) is 10.5. The summed E-state index contributed by atoms with van der Waals surface area (Å²) in [5, 5.41) is 3.14. The Morgan fingerprint density at radius 2 is 1.69 bits per heavy atom. The predicted octanol–water partition coefficient (Wildman–Crippen LogP) is 5.52. The van der Waals surface area contributed by atoms with Crippen molar-refractivity contribution in [2.75, 3.05) is 18.4 Å². The molecule has 0 heterocycles. The largest absolute Gasteiger partial charge is 0.485 e. The minimum absolute atomic E-state index is 0.156. The Balaban J connectivity index is 1.75. The Kier molecular flexibility index (Phi) is 7.47. The second-order valence-electron chi connectivity index (χ2n) is 6.73. The number of hydrogen-bond donors (Lipinski definition) is 2. The van der Waals surface area contributed by atoms with Crippen molar-refractivity contribution in [3.63, 3.8) is 0 Å². The number of hydrogen-bond acceptors (Lipinski definition) is 4. The first-order chi connectivity index (χ1) is 14.2. The van der Waals surface area contributed by atoms with Gasteiger partial charge in [-0.25, -0.2) is 4.39 Å². The predicted molar refractivity (Wildman–Crippen MR) is 115 cm³/mol. The van der Waals surface area contributed by atoms with Crippen LogP contribution in [-0.4, -0.2) is 13.1 Å². The summed E-state index contributed by atoms with van der Waals surface area (Å²) >= 11 is 0. The lowest BCUT2D eigenvalue weighted by Crippen LogP contribution is -2.08. The molecule has 0 aliphatic heterocycles. The summed E-state index contributed by atoms with van der Waals surface area (Å²) in [6.45, 7) is 3.78. The monoisotopic (exact) mass is 394 g/mol. The Labute approximate surface area is 171 Å². The lowest BCUT2D eigenvalue weighted by atomic mass is 10.1. The molecule has 0 aliphatic carbocycles. The zero-order valence-corrected chi connectivity index (χ0v) is 16.7. The highest BCUT2D eigenvalue weighted by Crippen LogP contribution is 2.35. The molecule has 0 unspecified atom stereocenters. The number of halogens is 1. The highest BCUT2D eigenvalue weighted by Gasteiger charge is 2.12. The number of nitrogens with one attached hydrogen (secondary N) is 1. The molecule has 3 N–H and O–H groups in total. The number of benzene rings is 3. The fraction of sp³-hybridized carbons (Fsp3) is 0.250. The van der Waals surface area contributed by atoms with E-state index in [9.17, 15) is 4.39 Å². The van der Waals surface area contributed by atoms with Crippen LogP contribution < -0.4 is 20.5 Å². The third-order valence-corrected chi connectivity index (χ3v) is 4.52. The molecular weight excluding hydrogens is 367 g/mol. The van der Waals surface area contributed by atoms with Gasteiger partial charge in [-0.3, -0.25) is 0 Å².